The van der Waals surface area contributed by atoms with Crippen LogP contribution in [0.3, 0.4) is 0 Å². The molecule has 2 heterocycles. The molecule has 0 fully saturated rings. The molecule has 130 valence electrons. The van der Waals surface area contributed by atoms with Gasteiger partial charge in [0.15, 0.2) is 0 Å². The minimum absolute atomic E-state index is 0.264. The third kappa shape index (κ3) is 3.63. The number of thioether (sulfide) groups is 1. The van der Waals surface area contributed by atoms with E-state index in [1.54, 1.807) is 19.2 Å². The fourth-order valence-electron chi connectivity index (χ4n) is 2.92. The molecule has 1 aromatic carbocycles. The number of aliphatic carboxylic acids is 1. The average Bonchev–Trinajstić information content (AvgIpc) is 3.18. The van der Waals surface area contributed by atoms with Crippen LogP contribution in [0, 0.1) is 0 Å². The normalized spacial score (nSPS) is 20.4. The predicted molar refractivity (Wildman–Crippen MR) is 100 cm³/mol. The molecule has 3 N–H and O–H groups in total. The second-order valence-electron chi connectivity index (χ2n) is 5.95. The van der Waals surface area contributed by atoms with Crippen molar-refractivity contribution in [2.45, 2.75) is 29.9 Å². The van der Waals surface area contributed by atoms with Crippen LogP contribution in [0.2, 0.25) is 0 Å². The van der Waals surface area contributed by atoms with Gasteiger partial charge < -0.3 is 10.1 Å². The lowest BCUT2D eigenvalue weighted by atomic mass is 9.93. The molecular formula is C16H17BN2O4S2. The first-order valence-corrected chi connectivity index (χ1v) is 10.1. The van der Waals surface area contributed by atoms with Crippen LogP contribution in [-0.2, 0) is 14.8 Å². The minimum Gasteiger partial charge on any atom is -0.480 e. The van der Waals surface area contributed by atoms with Gasteiger partial charge in [0.2, 0.25) is 10.0 Å². The van der Waals surface area contributed by atoms with Gasteiger partial charge in [-0.2, -0.15) is 4.72 Å². The molecular weight excluding hydrogens is 359 g/mol. The maximum atomic E-state index is 12.5. The number of H-pyrrole nitrogens is 1. The summed E-state index contributed by atoms with van der Waals surface area (Å²) in [6, 6.07) is 6.22. The van der Waals surface area contributed by atoms with Crippen LogP contribution in [0.15, 0.2) is 41.3 Å². The van der Waals surface area contributed by atoms with E-state index in [9.17, 15) is 18.3 Å². The van der Waals surface area contributed by atoms with Crippen LogP contribution < -0.4 is 4.72 Å². The Balaban J connectivity index is 1.87. The Kier molecular flexibility index (Phi) is 4.99. The molecule has 0 amide bonds. The van der Waals surface area contributed by atoms with Gasteiger partial charge in [-0.25, -0.2) is 8.42 Å². The Morgan fingerprint density at radius 3 is 2.80 bits per heavy atom. The maximum Gasteiger partial charge on any atom is 0.322 e. The summed E-state index contributed by atoms with van der Waals surface area (Å²) in [4.78, 5) is 15.3. The molecule has 3 atom stereocenters. The molecule has 2 aromatic rings. The molecule has 0 saturated heterocycles. The highest BCUT2D eigenvalue weighted by atomic mass is 32.3. The van der Waals surface area contributed by atoms with E-state index >= 15 is 0 Å². The topological polar surface area (TPSA) is 99.3 Å². The zero-order valence-corrected chi connectivity index (χ0v) is 15.1. The largest absolute Gasteiger partial charge is 0.480 e. The predicted octanol–water partition coefficient (Wildman–Crippen LogP) is 2.12. The van der Waals surface area contributed by atoms with Gasteiger partial charge in [0, 0.05) is 23.0 Å². The Morgan fingerprint density at radius 2 is 2.16 bits per heavy atom. The quantitative estimate of drug-likeness (QED) is 0.671. The highest BCUT2D eigenvalue weighted by Gasteiger charge is 2.36. The van der Waals surface area contributed by atoms with Gasteiger partial charge in [-0.3, -0.25) is 4.79 Å². The van der Waals surface area contributed by atoms with Crippen LogP contribution in [0.25, 0.3) is 10.9 Å². The van der Waals surface area contributed by atoms with Crippen LogP contribution in [0.5, 0.6) is 0 Å². The fourth-order valence-corrected chi connectivity index (χ4v) is 5.78. The smallest absolute Gasteiger partial charge is 0.322 e. The molecule has 1 aromatic heterocycles. The summed E-state index contributed by atoms with van der Waals surface area (Å²) in [6.45, 7) is 1.70. The maximum absolute atomic E-state index is 12.5. The van der Waals surface area contributed by atoms with E-state index in [0.29, 0.717) is 4.80 Å². The van der Waals surface area contributed by atoms with Crippen molar-refractivity contribution in [3.05, 3.63) is 46.9 Å². The Morgan fingerprint density at radius 1 is 1.44 bits per heavy atom. The van der Waals surface area contributed by atoms with Crippen molar-refractivity contribution in [1.82, 2.24) is 9.71 Å². The summed E-state index contributed by atoms with van der Waals surface area (Å²) in [5, 5.41) is 10.5. The summed E-state index contributed by atoms with van der Waals surface area (Å²) in [7, 11) is 1.79. The second kappa shape index (κ2) is 6.89. The number of hydrogen-bond acceptors (Lipinski definition) is 4. The molecule has 2 radical (unpaired) electrons. The molecule has 3 rings (SSSR count). The number of aromatic nitrogens is 1. The number of carbonyl (C=O) groups is 1. The van der Waals surface area contributed by atoms with E-state index in [4.69, 9.17) is 7.85 Å². The van der Waals surface area contributed by atoms with Crippen molar-refractivity contribution in [3.63, 3.8) is 0 Å². The van der Waals surface area contributed by atoms with Gasteiger partial charge in [-0.15, -0.1) is 11.8 Å². The number of allylic oxidation sites excluding steroid dienone is 1. The van der Waals surface area contributed by atoms with Gasteiger partial charge in [0.1, 0.15) is 18.5 Å². The molecule has 0 bridgehead atoms. The fraction of sp³-hybridized carbons (Fsp3) is 0.312. The summed E-state index contributed by atoms with van der Waals surface area (Å²) >= 11 is 1.03. The van der Waals surface area contributed by atoms with E-state index in [1.165, 1.54) is 0 Å². The Labute approximate surface area is 151 Å². The van der Waals surface area contributed by atoms with E-state index in [0.717, 1.165) is 28.2 Å². The first kappa shape index (κ1) is 18.1. The van der Waals surface area contributed by atoms with Crippen molar-refractivity contribution >= 4 is 46.5 Å². The summed E-state index contributed by atoms with van der Waals surface area (Å²) in [5.41, 5.74) is 1.63. The molecule has 9 heteroatoms. The van der Waals surface area contributed by atoms with Gasteiger partial charge in [-0.1, -0.05) is 36.0 Å². The van der Waals surface area contributed by atoms with Crippen LogP contribution in [0.4, 0.5) is 0 Å². The second-order valence-corrected chi connectivity index (χ2v) is 9.42. The Bertz CT molecular complexity index is 939. The molecule has 0 spiro atoms. The molecule has 6 nitrogen and oxygen atoms in total. The van der Waals surface area contributed by atoms with E-state index in [2.05, 4.69) is 9.71 Å². The first-order valence-electron chi connectivity index (χ1n) is 7.72. The van der Waals surface area contributed by atoms with Crippen molar-refractivity contribution in [2.75, 3.05) is 0 Å². The first-order chi connectivity index (χ1) is 11.8. The number of aromatic amines is 1. The zero-order chi connectivity index (χ0) is 18.2. The lowest BCUT2D eigenvalue weighted by Crippen LogP contribution is -2.46. The minimum atomic E-state index is -3.84. The third-order valence-electron chi connectivity index (χ3n) is 4.29. The Hall–Kier alpha value is -1.71. The van der Waals surface area contributed by atoms with Crippen molar-refractivity contribution < 1.29 is 18.3 Å². The number of carboxylic acid groups (broad SMARTS) is 1. The van der Waals surface area contributed by atoms with Crippen LogP contribution in [0.1, 0.15) is 24.8 Å². The third-order valence-corrected chi connectivity index (χ3v) is 7.70. The summed E-state index contributed by atoms with van der Waals surface area (Å²) in [6.07, 6.45) is 3.62. The standard InChI is InChI=1S/C16H17BN2O4S2/c1-9(11-8-18-12-5-3-2-4-10(11)12)15(16(20)21)19-25(22,23)14-7-6-13(17)24-14/h2-6,8-9,14-15,18-19H,7H2,1H3,(H,20,21)/t9-,14?,15-/m1/s1. The number of hydrogen-bond donors (Lipinski definition) is 3. The van der Waals surface area contributed by atoms with Gasteiger partial charge >= 0.3 is 5.97 Å². The van der Waals surface area contributed by atoms with Crippen molar-refractivity contribution in [1.29, 1.82) is 0 Å². The van der Waals surface area contributed by atoms with E-state index < -0.39 is 32.5 Å². The van der Waals surface area contributed by atoms with Gasteiger partial charge in [0.05, 0.1) is 0 Å². The van der Waals surface area contributed by atoms with Gasteiger partial charge in [-0.05, 0) is 18.1 Å². The number of nitrogens with one attached hydrogen (secondary N) is 2. The lowest BCUT2D eigenvalue weighted by Gasteiger charge is -2.23. The molecule has 1 aliphatic heterocycles. The van der Waals surface area contributed by atoms with Crippen molar-refractivity contribution in [3.8, 4) is 0 Å². The highest BCUT2D eigenvalue weighted by Crippen LogP contribution is 2.34. The van der Waals surface area contributed by atoms with E-state index in [-0.39, 0.29) is 6.42 Å². The van der Waals surface area contributed by atoms with Gasteiger partial charge in [0.25, 0.3) is 0 Å². The molecule has 1 unspecified atom stereocenters. The zero-order valence-electron chi connectivity index (χ0n) is 13.5. The summed E-state index contributed by atoms with van der Waals surface area (Å²) in [5.74, 6) is -1.77. The average molecular weight is 376 g/mol. The molecule has 25 heavy (non-hydrogen) atoms. The number of fused-ring (bicyclic) bond motifs is 1. The molecule has 1 aliphatic rings. The molecule has 0 saturated carbocycles. The van der Waals surface area contributed by atoms with Crippen LogP contribution in [-0.4, -0.2) is 42.9 Å². The van der Waals surface area contributed by atoms with Crippen LogP contribution >= 0.6 is 11.8 Å². The lowest BCUT2D eigenvalue weighted by molar-refractivity contribution is -0.139. The SMILES string of the molecule is [B]C1=CCC(S(=O)(=O)N[C@@H](C(=O)O)[C@H](C)c2c[nH]c3ccccc23)S1. The number of benzene rings is 1. The number of rotatable bonds is 6. The number of para-hydroxylation sites is 1. The number of carboxylic acids is 1. The molecule has 0 aliphatic carbocycles. The van der Waals surface area contributed by atoms with E-state index in [1.807, 2.05) is 24.3 Å². The summed E-state index contributed by atoms with van der Waals surface area (Å²) < 4.78 is 26.6. The monoisotopic (exact) mass is 376 g/mol. The highest BCUT2D eigenvalue weighted by molar-refractivity contribution is 8.16. The number of sulfonamides is 1. The van der Waals surface area contributed by atoms with Crippen molar-refractivity contribution in [2.24, 2.45) is 0 Å².